The Morgan fingerprint density at radius 2 is 2.00 bits per heavy atom. The van der Waals surface area contributed by atoms with Crippen molar-refractivity contribution in [2.24, 2.45) is 0 Å². The Morgan fingerprint density at radius 3 is 2.78 bits per heavy atom. The predicted molar refractivity (Wildman–Crippen MR) is 113 cm³/mol. The molecule has 0 spiro atoms. The van der Waals surface area contributed by atoms with Gasteiger partial charge in [-0.1, -0.05) is 30.5 Å². The van der Waals surface area contributed by atoms with Crippen LogP contribution in [0.2, 0.25) is 5.02 Å². The monoisotopic (exact) mass is 425 g/mol. The first kappa shape index (κ1) is 19.4. The number of piperazine rings is 1. The van der Waals surface area contributed by atoms with E-state index in [1.807, 2.05) is 18.2 Å². The van der Waals surface area contributed by atoms with Crippen LogP contribution in [0.25, 0.3) is 0 Å². The van der Waals surface area contributed by atoms with Gasteiger partial charge in [0.1, 0.15) is 5.75 Å². The molecule has 1 saturated carbocycles. The van der Waals surface area contributed by atoms with Crippen LogP contribution in [-0.4, -0.2) is 36.8 Å². The van der Waals surface area contributed by atoms with Gasteiger partial charge < -0.3 is 19.5 Å². The second kappa shape index (κ2) is 9.03. The van der Waals surface area contributed by atoms with E-state index in [9.17, 15) is 4.55 Å². The van der Waals surface area contributed by atoms with E-state index < -0.39 is 11.4 Å². The average Bonchev–Trinajstić information content (AvgIpc) is 3.33. The van der Waals surface area contributed by atoms with Gasteiger partial charge in [-0.15, -0.1) is 4.72 Å². The normalized spacial score (nSPS) is 19.4. The molecule has 1 atom stereocenters. The number of hydrogen-bond donors (Lipinski definition) is 2. The second-order valence-corrected chi connectivity index (χ2v) is 9.80. The molecule has 1 aromatic heterocycles. The van der Waals surface area contributed by atoms with E-state index in [0.717, 1.165) is 50.5 Å². The molecule has 0 radical (unpaired) electrons. The molecule has 146 valence electrons. The summed E-state index contributed by atoms with van der Waals surface area (Å²) in [6.07, 6.45) is 4.59. The fourth-order valence-electron chi connectivity index (χ4n) is 3.52. The Morgan fingerprint density at radius 1 is 1.22 bits per heavy atom. The molecule has 1 aliphatic carbocycles. The molecule has 1 saturated heterocycles. The van der Waals surface area contributed by atoms with Gasteiger partial charge in [0, 0.05) is 44.0 Å². The van der Waals surface area contributed by atoms with E-state index in [4.69, 9.17) is 16.3 Å². The maximum absolute atomic E-state index is 12.6. The van der Waals surface area contributed by atoms with Gasteiger partial charge in [-0.25, -0.2) is 0 Å². The van der Waals surface area contributed by atoms with E-state index in [-0.39, 0.29) is 0 Å². The molecule has 1 unspecified atom stereocenters. The Kier molecular flexibility index (Phi) is 6.47. The van der Waals surface area contributed by atoms with Crippen molar-refractivity contribution in [2.45, 2.75) is 35.9 Å². The van der Waals surface area contributed by atoms with E-state index in [1.165, 1.54) is 24.2 Å². The minimum atomic E-state index is -1.24. The first-order valence-electron chi connectivity index (χ1n) is 9.40. The smallest absolute Gasteiger partial charge is 0.232 e. The number of anilines is 1. The van der Waals surface area contributed by atoms with Gasteiger partial charge in [0.15, 0.2) is 0 Å². The average molecular weight is 426 g/mol. The zero-order chi connectivity index (χ0) is 18.6. The third-order valence-electron chi connectivity index (χ3n) is 4.95. The molecule has 2 aromatic rings. The topological polar surface area (TPSA) is 59.6 Å². The molecule has 27 heavy (non-hydrogen) atoms. The Labute approximate surface area is 172 Å². The summed E-state index contributed by atoms with van der Waals surface area (Å²) in [7, 11) is 0. The highest BCUT2D eigenvalue weighted by atomic mass is 35.5. The molecule has 2 heterocycles. The van der Waals surface area contributed by atoms with Gasteiger partial charge >= 0.3 is 0 Å². The quantitative estimate of drug-likeness (QED) is 0.680. The molecule has 2 aliphatic rings. The van der Waals surface area contributed by atoms with E-state index in [2.05, 4.69) is 21.0 Å². The number of rotatable bonds is 6. The molecule has 4 rings (SSSR count). The van der Waals surface area contributed by atoms with Crippen molar-refractivity contribution in [1.82, 2.24) is 10.0 Å². The van der Waals surface area contributed by atoms with Crippen molar-refractivity contribution in [3.8, 4) is 10.8 Å². The fourth-order valence-corrected chi connectivity index (χ4v) is 6.12. The number of thiophene rings is 1. The largest absolute Gasteiger partial charge is 0.592 e. The number of benzene rings is 1. The van der Waals surface area contributed by atoms with Crippen LogP contribution in [0.1, 0.15) is 25.7 Å². The molecule has 5 nitrogen and oxygen atoms in total. The summed E-state index contributed by atoms with van der Waals surface area (Å²) in [5.74, 6) is 0.746. The summed E-state index contributed by atoms with van der Waals surface area (Å²) in [6.45, 7) is 3.95. The van der Waals surface area contributed by atoms with Gasteiger partial charge in [-0.05, 0) is 36.3 Å². The van der Waals surface area contributed by atoms with Crippen LogP contribution in [0.15, 0.2) is 34.5 Å². The number of nitrogens with one attached hydrogen (secondary N) is 2. The van der Waals surface area contributed by atoms with Crippen molar-refractivity contribution in [3.05, 3.63) is 35.4 Å². The van der Waals surface area contributed by atoms with Gasteiger partial charge in [-0.2, -0.15) is 0 Å². The molecule has 0 amide bonds. The molecular weight excluding hydrogens is 402 g/mol. The Balaban J connectivity index is 1.44. The number of hydrogen-bond acceptors (Lipinski definition) is 6. The Bertz CT molecular complexity index is 761. The van der Waals surface area contributed by atoms with Crippen LogP contribution in [0.4, 0.5) is 5.69 Å². The first-order valence-corrected chi connectivity index (χ1v) is 11.7. The van der Waals surface area contributed by atoms with Crippen molar-refractivity contribution in [1.29, 1.82) is 0 Å². The summed E-state index contributed by atoms with van der Waals surface area (Å²) in [5.41, 5.74) is 1.15. The highest BCUT2D eigenvalue weighted by molar-refractivity contribution is 7.91. The van der Waals surface area contributed by atoms with E-state index in [0.29, 0.717) is 20.3 Å². The summed E-state index contributed by atoms with van der Waals surface area (Å²) in [4.78, 5) is 2.34. The molecule has 0 bridgehead atoms. The summed E-state index contributed by atoms with van der Waals surface area (Å²) >= 11 is 6.46. The highest BCUT2D eigenvalue weighted by Gasteiger charge is 2.25. The zero-order valence-electron chi connectivity index (χ0n) is 15.1. The van der Waals surface area contributed by atoms with E-state index in [1.54, 1.807) is 6.07 Å². The molecular formula is C19H24ClN3O2S2. The predicted octanol–water partition coefficient (Wildman–Crippen LogP) is 4.16. The molecule has 1 aliphatic heterocycles. The van der Waals surface area contributed by atoms with Gasteiger partial charge in [0.05, 0.1) is 22.4 Å². The fraction of sp³-hybridized carbons (Fsp3) is 0.474. The van der Waals surface area contributed by atoms with Crippen molar-refractivity contribution >= 4 is 40.0 Å². The Hall–Kier alpha value is -0.960. The maximum Gasteiger partial charge on any atom is 0.232 e. The minimum Gasteiger partial charge on any atom is -0.592 e. The summed E-state index contributed by atoms with van der Waals surface area (Å²) < 4.78 is 22.5. The summed E-state index contributed by atoms with van der Waals surface area (Å²) in [5, 5.41) is 4.45. The van der Waals surface area contributed by atoms with Crippen molar-refractivity contribution < 1.29 is 9.29 Å². The van der Waals surface area contributed by atoms with Gasteiger partial charge in [-0.3, -0.25) is 0 Å². The zero-order valence-corrected chi connectivity index (χ0v) is 17.5. The van der Waals surface area contributed by atoms with Crippen LogP contribution in [-0.2, 0) is 11.4 Å². The van der Waals surface area contributed by atoms with Crippen LogP contribution in [0.3, 0.4) is 0 Å². The van der Waals surface area contributed by atoms with Crippen molar-refractivity contribution in [2.75, 3.05) is 31.1 Å². The van der Waals surface area contributed by atoms with Crippen LogP contribution >= 0.6 is 22.9 Å². The SMILES string of the molecule is [O-][S+](NC1CCCC1)c1cc(Cl)c(Oc2cccc(N3CCNCC3)c2)s1. The lowest BCUT2D eigenvalue weighted by atomic mass is 10.2. The summed E-state index contributed by atoms with van der Waals surface area (Å²) in [6, 6.07) is 10.1. The number of halogens is 1. The lowest BCUT2D eigenvalue weighted by Gasteiger charge is -2.29. The highest BCUT2D eigenvalue weighted by Crippen LogP contribution is 2.40. The lowest BCUT2D eigenvalue weighted by molar-refractivity contribution is 0.496. The van der Waals surface area contributed by atoms with Crippen LogP contribution in [0, 0.1) is 0 Å². The maximum atomic E-state index is 12.6. The van der Waals surface area contributed by atoms with Gasteiger partial charge in [0.25, 0.3) is 0 Å². The molecule has 1 aromatic carbocycles. The standard InChI is InChI=1S/C19H24ClN3O2S2/c20-17-13-18(27(24)22-14-4-1-2-5-14)26-19(17)25-16-7-3-6-15(12-16)23-10-8-21-9-11-23/h3,6-7,12-14,21-22H,1-2,4-5,8-11H2. The number of ether oxygens (including phenoxy) is 1. The minimum absolute atomic E-state index is 0.340. The third kappa shape index (κ3) is 4.91. The van der Waals surface area contributed by atoms with E-state index >= 15 is 0 Å². The molecule has 2 N–H and O–H groups in total. The third-order valence-corrected chi connectivity index (χ3v) is 7.89. The van der Waals surface area contributed by atoms with Gasteiger partial charge in [0.2, 0.25) is 9.27 Å². The number of nitrogens with zero attached hydrogens (tertiary/aromatic N) is 1. The first-order chi connectivity index (χ1) is 13.2. The second-order valence-electron chi connectivity index (χ2n) is 6.91. The van der Waals surface area contributed by atoms with Crippen LogP contribution in [0.5, 0.6) is 10.8 Å². The lowest BCUT2D eigenvalue weighted by Crippen LogP contribution is -2.43. The molecule has 8 heteroatoms. The molecule has 2 fully saturated rings. The van der Waals surface area contributed by atoms with Crippen LogP contribution < -0.4 is 19.7 Å². The van der Waals surface area contributed by atoms with Crippen molar-refractivity contribution in [3.63, 3.8) is 0 Å².